The molecule has 0 unspecified atom stereocenters. The molecule has 1 aromatic carbocycles. The van der Waals surface area contributed by atoms with Gasteiger partial charge in [-0.25, -0.2) is 4.79 Å². The van der Waals surface area contributed by atoms with Crippen molar-refractivity contribution in [2.45, 2.75) is 30.7 Å². The van der Waals surface area contributed by atoms with Crippen LogP contribution in [0.3, 0.4) is 0 Å². The molecule has 3 aliphatic heterocycles. The van der Waals surface area contributed by atoms with Crippen LogP contribution in [-0.2, 0) is 9.59 Å². The van der Waals surface area contributed by atoms with E-state index in [1.807, 2.05) is 18.2 Å². The van der Waals surface area contributed by atoms with Gasteiger partial charge in [-0.05, 0) is 42.9 Å². The largest absolute Gasteiger partial charge is 0.486 e. The van der Waals surface area contributed by atoms with Gasteiger partial charge in [0.25, 0.3) is 5.91 Å². The zero-order chi connectivity index (χ0) is 18.6. The number of urea groups is 1. The minimum atomic E-state index is -0.966. The van der Waals surface area contributed by atoms with Crippen molar-refractivity contribution in [1.29, 1.82) is 0 Å². The summed E-state index contributed by atoms with van der Waals surface area (Å²) in [5.41, 5.74) is 0.114. The summed E-state index contributed by atoms with van der Waals surface area (Å²) in [6.45, 7) is 1.95. The van der Waals surface area contributed by atoms with Gasteiger partial charge in [0.05, 0.1) is 6.54 Å². The molecule has 27 heavy (non-hydrogen) atoms. The maximum Gasteiger partial charge on any atom is 0.322 e. The first kappa shape index (κ1) is 16.4. The van der Waals surface area contributed by atoms with E-state index in [1.165, 1.54) is 0 Å². The van der Waals surface area contributed by atoms with Crippen molar-refractivity contribution in [3.63, 3.8) is 0 Å². The van der Waals surface area contributed by atoms with Gasteiger partial charge in [0.15, 0.2) is 11.5 Å². The standard InChI is InChI=1S/C19H21N3O5/c23-16(22-5-1-4-19(10-22)17(24)20-18(25)21-19)13-9-12(13)11-2-3-14-15(8-11)27-7-6-26-14/h2-3,8,12-13H,1,4-7,9-10H2,(H2,20,21,24,25)/t12-,13+,19+/m0/s1. The van der Waals surface area contributed by atoms with E-state index in [0.29, 0.717) is 32.6 Å². The molecule has 1 aliphatic carbocycles. The number of benzene rings is 1. The first-order chi connectivity index (χ1) is 13.1. The van der Waals surface area contributed by atoms with Crippen LogP contribution >= 0.6 is 0 Å². The summed E-state index contributed by atoms with van der Waals surface area (Å²) in [6, 6.07) is 5.38. The number of rotatable bonds is 2. The number of nitrogens with zero attached hydrogens (tertiary/aromatic N) is 1. The summed E-state index contributed by atoms with van der Waals surface area (Å²) in [7, 11) is 0. The second-order valence-corrected chi connectivity index (χ2v) is 7.71. The van der Waals surface area contributed by atoms with Crippen LogP contribution in [0.5, 0.6) is 11.5 Å². The summed E-state index contributed by atoms with van der Waals surface area (Å²) >= 11 is 0. The molecular weight excluding hydrogens is 350 g/mol. The van der Waals surface area contributed by atoms with Crippen molar-refractivity contribution < 1.29 is 23.9 Å². The molecule has 142 valence electrons. The molecule has 1 spiro atoms. The maximum atomic E-state index is 13.0. The quantitative estimate of drug-likeness (QED) is 0.749. The molecule has 8 nitrogen and oxygen atoms in total. The molecular formula is C19H21N3O5. The van der Waals surface area contributed by atoms with E-state index >= 15 is 0 Å². The van der Waals surface area contributed by atoms with Crippen molar-refractivity contribution >= 4 is 17.8 Å². The molecule has 3 fully saturated rings. The molecule has 1 saturated carbocycles. The molecule has 2 N–H and O–H groups in total. The van der Waals surface area contributed by atoms with Gasteiger partial charge in [0.2, 0.25) is 5.91 Å². The van der Waals surface area contributed by atoms with E-state index < -0.39 is 11.6 Å². The Morgan fingerprint density at radius 1 is 1.19 bits per heavy atom. The van der Waals surface area contributed by atoms with Crippen LogP contribution in [0, 0.1) is 5.92 Å². The minimum absolute atomic E-state index is 0.0583. The van der Waals surface area contributed by atoms with Gasteiger partial charge in [-0.1, -0.05) is 6.07 Å². The van der Waals surface area contributed by atoms with E-state index in [1.54, 1.807) is 4.90 Å². The van der Waals surface area contributed by atoms with Gasteiger partial charge >= 0.3 is 6.03 Å². The van der Waals surface area contributed by atoms with Gasteiger partial charge in [-0.2, -0.15) is 0 Å². The van der Waals surface area contributed by atoms with Crippen LogP contribution < -0.4 is 20.1 Å². The normalized spacial score (nSPS) is 31.5. The summed E-state index contributed by atoms with van der Waals surface area (Å²) in [5.74, 6) is 1.29. The Morgan fingerprint density at radius 2 is 2.00 bits per heavy atom. The molecule has 4 amide bonds. The minimum Gasteiger partial charge on any atom is -0.486 e. The second-order valence-electron chi connectivity index (χ2n) is 7.71. The summed E-state index contributed by atoms with van der Waals surface area (Å²) < 4.78 is 11.2. The molecule has 0 bridgehead atoms. The predicted octanol–water partition coefficient (Wildman–Crippen LogP) is 0.762. The first-order valence-electron chi connectivity index (χ1n) is 9.38. The molecule has 1 aromatic rings. The van der Waals surface area contributed by atoms with Crippen LogP contribution in [0.25, 0.3) is 0 Å². The Bertz CT molecular complexity index is 841. The molecule has 3 heterocycles. The number of amides is 4. The third-order valence-corrected chi connectivity index (χ3v) is 5.92. The molecule has 5 rings (SSSR count). The predicted molar refractivity (Wildman–Crippen MR) is 93.5 cm³/mol. The van der Waals surface area contributed by atoms with E-state index in [0.717, 1.165) is 23.5 Å². The monoisotopic (exact) mass is 371 g/mol. The van der Waals surface area contributed by atoms with Gasteiger partial charge in [0.1, 0.15) is 18.8 Å². The van der Waals surface area contributed by atoms with Crippen LogP contribution in [0.15, 0.2) is 18.2 Å². The lowest BCUT2D eigenvalue weighted by molar-refractivity contribution is -0.137. The van der Waals surface area contributed by atoms with Gasteiger partial charge in [-0.3, -0.25) is 14.9 Å². The van der Waals surface area contributed by atoms with Crippen molar-refractivity contribution in [2.75, 3.05) is 26.3 Å². The Balaban J connectivity index is 1.28. The van der Waals surface area contributed by atoms with E-state index in [4.69, 9.17) is 9.47 Å². The van der Waals surface area contributed by atoms with E-state index in [-0.39, 0.29) is 30.2 Å². The highest BCUT2D eigenvalue weighted by molar-refractivity contribution is 6.07. The fourth-order valence-electron chi connectivity index (χ4n) is 4.42. The second kappa shape index (κ2) is 5.87. The number of carbonyl (C=O) groups is 3. The van der Waals surface area contributed by atoms with Crippen LogP contribution in [0.4, 0.5) is 4.79 Å². The van der Waals surface area contributed by atoms with Gasteiger partial charge < -0.3 is 19.7 Å². The number of carbonyl (C=O) groups excluding carboxylic acids is 3. The number of likely N-dealkylation sites (tertiary alicyclic amines) is 1. The van der Waals surface area contributed by atoms with Gasteiger partial charge in [-0.15, -0.1) is 0 Å². The van der Waals surface area contributed by atoms with Crippen molar-refractivity contribution in [3.05, 3.63) is 23.8 Å². The molecule has 8 heteroatoms. The lowest BCUT2D eigenvalue weighted by Gasteiger charge is -2.38. The first-order valence-corrected chi connectivity index (χ1v) is 9.38. The highest BCUT2D eigenvalue weighted by Gasteiger charge is 2.52. The number of ether oxygens (including phenoxy) is 2. The smallest absolute Gasteiger partial charge is 0.322 e. The highest BCUT2D eigenvalue weighted by atomic mass is 16.6. The lowest BCUT2D eigenvalue weighted by Crippen LogP contribution is -2.59. The van der Waals surface area contributed by atoms with Crippen LogP contribution in [-0.4, -0.2) is 54.6 Å². The van der Waals surface area contributed by atoms with E-state index in [9.17, 15) is 14.4 Å². The number of piperidine rings is 1. The number of nitrogens with one attached hydrogen (secondary N) is 2. The zero-order valence-corrected chi connectivity index (χ0v) is 14.8. The fraction of sp³-hybridized carbons (Fsp3) is 0.526. The molecule has 4 aliphatic rings. The Labute approximate surface area is 156 Å². The molecule has 0 radical (unpaired) electrons. The lowest BCUT2D eigenvalue weighted by atomic mass is 9.89. The topological polar surface area (TPSA) is 97.0 Å². The summed E-state index contributed by atoms with van der Waals surface area (Å²) in [6.07, 6.45) is 2.05. The maximum absolute atomic E-state index is 13.0. The van der Waals surface area contributed by atoms with Crippen LogP contribution in [0.2, 0.25) is 0 Å². The molecule has 3 atom stereocenters. The molecule has 0 aromatic heterocycles. The summed E-state index contributed by atoms with van der Waals surface area (Å²) in [4.78, 5) is 38.4. The Morgan fingerprint density at radius 3 is 2.78 bits per heavy atom. The van der Waals surface area contributed by atoms with Crippen molar-refractivity contribution in [3.8, 4) is 11.5 Å². The zero-order valence-electron chi connectivity index (χ0n) is 14.8. The molecule has 2 saturated heterocycles. The summed E-state index contributed by atoms with van der Waals surface area (Å²) in [5, 5.41) is 5.01. The highest BCUT2D eigenvalue weighted by Crippen LogP contribution is 2.50. The van der Waals surface area contributed by atoms with Gasteiger partial charge in [0, 0.05) is 12.5 Å². The fourth-order valence-corrected chi connectivity index (χ4v) is 4.42. The number of hydrogen-bond acceptors (Lipinski definition) is 5. The Hall–Kier alpha value is -2.77. The third kappa shape index (κ3) is 2.70. The third-order valence-electron chi connectivity index (χ3n) is 5.92. The van der Waals surface area contributed by atoms with Crippen LogP contribution in [0.1, 0.15) is 30.7 Å². The van der Waals surface area contributed by atoms with Crippen molar-refractivity contribution in [2.24, 2.45) is 5.92 Å². The number of fused-ring (bicyclic) bond motifs is 1. The van der Waals surface area contributed by atoms with Crippen molar-refractivity contribution in [1.82, 2.24) is 15.5 Å². The number of hydrogen-bond donors (Lipinski definition) is 2. The average Bonchev–Trinajstić information content (AvgIpc) is 3.43. The Kier molecular flexibility index (Phi) is 3.57. The SMILES string of the molecule is O=C1NC(=O)[C@]2(CCCN(C(=O)[C@@H]3C[C@H]3c3ccc4c(c3)OCCO4)C2)N1. The number of imide groups is 1. The average molecular weight is 371 g/mol. The van der Waals surface area contributed by atoms with E-state index in [2.05, 4.69) is 10.6 Å².